The monoisotopic (exact) mass is 415 g/mol. The van der Waals surface area contributed by atoms with Crippen LogP contribution >= 0.6 is 0 Å². The van der Waals surface area contributed by atoms with Crippen LogP contribution in [0.4, 0.5) is 4.79 Å². The molecule has 2 aliphatic rings. The van der Waals surface area contributed by atoms with Crippen LogP contribution in [0, 0.1) is 5.92 Å². The largest absolute Gasteiger partial charge is 0.444 e. The number of amides is 3. The maximum Gasteiger partial charge on any atom is 0.408 e. The van der Waals surface area contributed by atoms with Gasteiger partial charge in [-0.15, -0.1) is 0 Å². The SMILES string of the molecule is CC(C)(C)OC(=O)NC(Cc1ccccc1)C(=O)N1CCN(C(=O)C2CCC2)CC1. The van der Waals surface area contributed by atoms with E-state index in [0.29, 0.717) is 32.6 Å². The highest BCUT2D eigenvalue weighted by Crippen LogP contribution is 2.28. The van der Waals surface area contributed by atoms with Crippen molar-refractivity contribution >= 4 is 17.9 Å². The molecule has 3 rings (SSSR count). The van der Waals surface area contributed by atoms with Crippen molar-refractivity contribution in [3.05, 3.63) is 35.9 Å². The summed E-state index contributed by atoms with van der Waals surface area (Å²) < 4.78 is 5.36. The van der Waals surface area contributed by atoms with Crippen LogP contribution in [0.25, 0.3) is 0 Å². The Bertz CT molecular complexity index is 747. The minimum atomic E-state index is -0.712. The van der Waals surface area contributed by atoms with Crippen LogP contribution < -0.4 is 5.32 Å². The van der Waals surface area contributed by atoms with Gasteiger partial charge in [-0.05, 0) is 39.2 Å². The van der Waals surface area contributed by atoms with Gasteiger partial charge in [0.1, 0.15) is 11.6 Å². The summed E-state index contributed by atoms with van der Waals surface area (Å²) in [6.45, 7) is 7.44. The molecule has 1 atom stereocenters. The van der Waals surface area contributed by atoms with Crippen LogP contribution in [0.3, 0.4) is 0 Å². The molecule has 30 heavy (non-hydrogen) atoms. The first-order valence-corrected chi connectivity index (χ1v) is 10.8. The molecule has 3 amide bonds. The summed E-state index contributed by atoms with van der Waals surface area (Å²) in [4.78, 5) is 41.7. The molecule has 0 spiro atoms. The molecule has 1 aromatic carbocycles. The van der Waals surface area contributed by atoms with Gasteiger partial charge in [-0.3, -0.25) is 9.59 Å². The number of hydrogen-bond acceptors (Lipinski definition) is 4. The number of carbonyl (C=O) groups excluding carboxylic acids is 3. The van der Waals surface area contributed by atoms with Crippen LogP contribution in [0.2, 0.25) is 0 Å². The minimum Gasteiger partial charge on any atom is -0.444 e. The number of rotatable bonds is 5. The van der Waals surface area contributed by atoms with Gasteiger partial charge in [-0.2, -0.15) is 0 Å². The van der Waals surface area contributed by atoms with Crippen LogP contribution in [0.5, 0.6) is 0 Å². The number of nitrogens with one attached hydrogen (secondary N) is 1. The fourth-order valence-corrected chi connectivity index (χ4v) is 3.78. The van der Waals surface area contributed by atoms with E-state index in [1.165, 1.54) is 0 Å². The van der Waals surface area contributed by atoms with Gasteiger partial charge in [0.05, 0.1) is 0 Å². The van der Waals surface area contributed by atoms with Gasteiger partial charge in [0.15, 0.2) is 0 Å². The number of benzene rings is 1. The Hall–Kier alpha value is -2.57. The predicted octanol–water partition coefficient (Wildman–Crippen LogP) is 2.59. The van der Waals surface area contributed by atoms with Gasteiger partial charge < -0.3 is 19.9 Å². The first-order chi connectivity index (χ1) is 14.2. The fraction of sp³-hybridized carbons (Fsp3) is 0.609. The van der Waals surface area contributed by atoms with E-state index < -0.39 is 17.7 Å². The minimum absolute atomic E-state index is 0.138. The van der Waals surface area contributed by atoms with E-state index in [9.17, 15) is 14.4 Å². The Kier molecular flexibility index (Phi) is 7.00. The van der Waals surface area contributed by atoms with Crippen molar-refractivity contribution in [2.45, 2.75) is 58.1 Å². The van der Waals surface area contributed by atoms with Gasteiger partial charge in [-0.1, -0.05) is 36.8 Å². The zero-order chi connectivity index (χ0) is 21.7. The topological polar surface area (TPSA) is 79.0 Å². The quantitative estimate of drug-likeness (QED) is 0.802. The zero-order valence-electron chi connectivity index (χ0n) is 18.2. The number of carbonyl (C=O) groups is 3. The molecule has 0 radical (unpaired) electrons. The van der Waals surface area contributed by atoms with Gasteiger partial charge in [-0.25, -0.2) is 4.79 Å². The Morgan fingerprint density at radius 3 is 2.17 bits per heavy atom. The maximum absolute atomic E-state index is 13.2. The average molecular weight is 416 g/mol. The van der Waals surface area contributed by atoms with Crippen molar-refractivity contribution < 1.29 is 19.1 Å². The van der Waals surface area contributed by atoms with E-state index in [4.69, 9.17) is 4.74 Å². The van der Waals surface area contributed by atoms with Crippen LogP contribution in [-0.2, 0) is 20.7 Å². The number of piperazine rings is 1. The third-order valence-electron chi connectivity index (χ3n) is 5.63. The molecular weight excluding hydrogens is 382 g/mol. The second-order valence-corrected chi connectivity index (χ2v) is 9.17. The third-order valence-corrected chi connectivity index (χ3v) is 5.63. The van der Waals surface area contributed by atoms with Gasteiger partial charge in [0, 0.05) is 38.5 Å². The summed E-state index contributed by atoms with van der Waals surface area (Å²) in [5.74, 6) is 0.258. The molecule has 7 nitrogen and oxygen atoms in total. The standard InChI is InChI=1S/C23H33N3O4/c1-23(2,3)30-22(29)24-19(16-17-8-5-4-6-9-17)21(28)26-14-12-25(13-15-26)20(27)18-10-7-11-18/h4-6,8-9,18-19H,7,10-16H2,1-3H3,(H,24,29). The summed E-state index contributed by atoms with van der Waals surface area (Å²) in [6, 6.07) is 8.90. The lowest BCUT2D eigenvalue weighted by atomic mass is 9.84. The van der Waals surface area contributed by atoms with E-state index in [2.05, 4.69) is 5.32 Å². The van der Waals surface area contributed by atoms with Gasteiger partial charge in [0.25, 0.3) is 0 Å². The molecular formula is C23H33N3O4. The van der Waals surface area contributed by atoms with Crippen molar-refractivity contribution in [3.63, 3.8) is 0 Å². The normalized spacial score (nSPS) is 18.4. The van der Waals surface area contributed by atoms with Crippen LogP contribution in [0.15, 0.2) is 30.3 Å². The van der Waals surface area contributed by atoms with Crippen LogP contribution in [-0.4, -0.2) is 65.5 Å². The molecule has 1 saturated heterocycles. The highest BCUT2D eigenvalue weighted by molar-refractivity contribution is 5.86. The second-order valence-electron chi connectivity index (χ2n) is 9.17. The molecule has 1 aliphatic heterocycles. The number of alkyl carbamates (subject to hydrolysis) is 1. The number of hydrogen-bond donors (Lipinski definition) is 1. The van der Waals surface area contributed by atoms with Gasteiger partial charge in [0.2, 0.25) is 11.8 Å². The van der Waals surface area contributed by atoms with Crippen molar-refractivity contribution in [3.8, 4) is 0 Å². The van der Waals surface area contributed by atoms with E-state index in [1.54, 1.807) is 25.7 Å². The lowest BCUT2D eigenvalue weighted by molar-refractivity contribution is -0.144. The van der Waals surface area contributed by atoms with Crippen molar-refractivity contribution in [2.75, 3.05) is 26.2 Å². The molecule has 1 aliphatic carbocycles. The Morgan fingerprint density at radius 1 is 1.03 bits per heavy atom. The molecule has 1 heterocycles. The molecule has 2 fully saturated rings. The summed E-state index contributed by atoms with van der Waals surface area (Å²) in [7, 11) is 0. The zero-order valence-corrected chi connectivity index (χ0v) is 18.2. The van der Waals surface area contributed by atoms with E-state index >= 15 is 0 Å². The highest BCUT2D eigenvalue weighted by Gasteiger charge is 2.34. The fourth-order valence-electron chi connectivity index (χ4n) is 3.78. The summed E-state index contributed by atoms with van der Waals surface area (Å²) in [5, 5.41) is 2.76. The number of nitrogens with zero attached hydrogens (tertiary/aromatic N) is 2. The highest BCUT2D eigenvalue weighted by atomic mass is 16.6. The molecule has 1 unspecified atom stereocenters. The van der Waals surface area contributed by atoms with Crippen LogP contribution in [0.1, 0.15) is 45.6 Å². The lowest BCUT2D eigenvalue weighted by Gasteiger charge is -2.39. The van der Waals surface area contributed by atoms with E-state index in [1.807, 2.05) is 35.2 Å². The average Bonchev–Trinajstić information content (AvgIpc) is 2.65. The lowest BCUT2D eigenvalue weighted by Crippen LogP contribution is -2.57. The molecule has 164 valence electrons. The Balaban J connectivity index is 1.62. The third kappa shape index (κ3) is 5.97. The predicted molar refractivity (Wildman–Crippen MR) is 114 cm³/mol. The summed E-state index contributed by atoms with van der Waals surface area (Å²) >= 11 is 0. The number of ether oxygens (including phenoxy) is 1. The Morgan fingerprint density at radius 2 is 1.63 bits per heavy atom. The summed E-state index contributed by atoms with van der Waals surface area (Å²) in [5.41, 5.74) is 0.323. The maximum atomic E-state index is 13.2. The first kappa shape index (κ1) is 22.1. The molecule has 1 N–H and O–H groups in total. The smallest absolute Gasteiger partial charge is 0.408 e. The second kappa shape index (κ2) is 9.49. The van der Waals surface area contributed by atoms with Gasteiger partial charge >= 0.3 is 6.09 Å². The molecule has 0 aromatic heterocycles. The molecule has 7 heteroatoms. The molecule has 1 aromatic rings. The molecule has 1 saturated carbocycles. The van der Waals surface area contributed by atoms with Crippen molar-refractivity contribution in [1.29, 1.82) is 0 Å². The Labute approximate surface area is 178 Å². The molecule has 0 bridgehead atoms. The van der Waals surface area contributed by atoms with Crippen molar-refractivity contribution in [1.82, 2.24) is 15.1 Å². The first-order valence-electron chi connectivity index (χ1n) is 10.8. The van der Waals surface area contributed by atoms with Crippen molar-refractivity contribution in [2.24, 2.45) is 5.92 Å². The van der Waals surface area contributed by atoms with E-state index in [0.717, 1.165) is 24.8 Å². The summed E-state index contributed by atoms with van der Waals surface area (Å²) in [6.07, 6.45) is 2.89. The van der Waals surface area contributed by atoms with E-state index in [-0.39, 0.29) is 17.7 Å².